The van der Waals surface area contributed by atoms with Crippen LogP contribution in [0.5, 0.6) is 0 Å². The second-order valence-corrected chi connectivity index (χ2v) is 7.47. The van der Waals surface area contributed by atoms with Crippen molar-refractivity contribution in [3.05, 3.63) is 16.3 Å². The highest BCUT2D eigenvalue weighted by atomic mass is 32.2. The Labute approximate surface area is 116 Å². The molecule has 1 aliphatic rings. The first-order valence-corrected chi connectivity index (χ1v) is 8.61. The van der Waals surface area contributed by atoms with E-state index < -0.39 is 16.0 Å². The summed E-state index contributed by atoms with van der Waals surface area (Å²) in [5.41, 5.74) is 0. The first kappa shape index (κ1) is 14.5. The fourth-order valence-corrected chi connectivity index (χ4v) is 5.10. The molecule has 1 atom stereocenters. The average molecular weight is 303 g/mol. The fourth-order valence-electron chi connectivity index (χ4n) is 2.53. The number of rotatable bonds is 5. The summed E-state index contributed by atoms with van der Waals surface area (Å²) in [5, 5.41) is 10.5. The summed E-state index contributed by atoms with van der Waals surface area (Å²) in [6, 6.07) is 1.19. The Morgan fingerprint density at radius 2 is 2.11 bits per heavy atom. The van der Waals surface area contributed by atoms with Gasteiger partial charge in [0.05, 0.1) is 0 Å². The number of carboxylic acid groups (broad SMARTS) is 1. The smallest absolute Gasteiger partial charge is 0.347 e. The summed E-state index contributed by atoms with van der Waals surface area (Å²) >= 11 is 0.925. The lowest BCUT2D eigenvalue weighted by atomic mass is 10.0. The highest BCUT2D eigenvalue weighted by Crippen LogP contribution is 2.29. The van der Waals surface area contributed by atoms with E-state index in [0.717, 1.165) is 37.0 Å². The van der Waals surface area contributed by atoms with E-state index in [0.29, 0.717) is 5.92 Å². The highest BCUT2D eigenvalue weighted by Gasteiger charge is 2.29. The Morgan fingerprint density at radius 3 is 2.68 bits per heavy atom. The van der Waals surface area contributed by atoms with Crippen molar-refractivity contribution in [3.63, 3.8) is 0 Å². The molecular weight excluding hydrogens is 286 g/mol. The summed E-state index contributed by atoms with van der Waals surface area (Å²) < 4.78 is 27.0. The molecule has 1 aromatic rings. The molecule has 0 amide bonds. The molecule has 1 fully saturated rings. The van der Waals surface area contributed by atoms with Gasteiger partial charge in [0.15, 0.2) is 0 Å². The van der Waals surface area contributed by atoms with Crippen LogP contribution >= 0.6 is 11.3 Å². The largest absolute Gasteiger partial charge is 0.477 e. The van der Waals surface area contributed by atoms with Crippen LogP contribution in [0.1, 0.15) is 42.3 Å². The van der Waals surface area contributed by atoms with Gasteiger partial charge in [-0.05, 0) is 37.1 Å². The standard InChI is InChI=1S/C12H17NO4S2/c1-8(9-4-2-3-5-9)13-19(16,17)10-6-7-18-11(10)12(14)15/h6-9,13H,2-5H2,1H3,(H,14,15)/t8-/m1/s1. The minimum Gasteiger partial charge on any atom is -0.477 e. The van der Waals surface area contributed by atoms with E-state index in [1.165, 1.54) is 11.4 Å². The van der Waals surface area contributed by atoms with E-state index in [2.05, 4.69) is 4.72 Å². The topological polar surface area (TPSA) is 83.5 Å². The van der Waals surface area contributed by atoms with Gasteiger partial charge in [-0.2, -0.15) is 0 Å². The first-order valence-electron chi connectivity index (χ1n) is 6.25. The molecule has 2 N–H and O–H groups in total. The molecule has 1 aliphatic carbocycles. The monoisotopic (exact) mass is 303 g/mol. The molecule has 0 unspecified atom stereocenters. The van der Waals surface area contributed by atoms with Crippen LogP contribution in [0.2, 0.25) is 0 Å². The van der Waals surface area contributed by atoms with Gasteiger partial charge in [0.2, 0.25) is 10.0 Å². The molecule has 1 saturated carbocycles. The van der Waals surface area contributed by atoms with Crippen molar-refractivity contribution in [3.8, 4) is 0 Å². The van der Waals surface area contributed by atoms with Gasteiger partial charge < -0.3 is 5.11 Å². The maximum Gasteiger partial charge on any atom is 0.347 e. The number of carboxylic acids is 1. The van der Waals surface area contributed by atoms with Gasteiger partial charge in [0.1, 0.15) is 9.77 Å². The molecule has 106 valence electrons. The zero-order chi connectivity index (χ0) is 14.0. The van der Waals surface area contributed by atoms with Crippen molar-refractivity contribution < 1.29 is 18.3 Å². The van der Waals surface area contributed by atoms with Gasteiger partial charge in [0, 0.05) is 6.04 Å². The van der Waals surface area contributed by atoms with E-state index >= 15 is 0 Å². The lowest BCUT2D eigenvalue weighted by Gasteiger charge is -2.20. The normalized spacial score (nSPS) is 18.6. The van der Waals surface area contributed by atoms with Crippen molar-refractivity contribution in [2.75, 3.05) is 0 Å². The second kappa shape index (κ2) is 5.60. The molecule has 2 rings (SSSR count). The third kappa shape index (κ3) is 3.16. The molecular formula is C12H17NO4S2. The van der Waals surface area contributed by atoms with E-state index in [1.54, 1.807) is 0 Å². The lowest BCUT2D eigenvalue weighted by Crippen LogP contribution is -2.37. The maximum atomic E-state index is 12.2. The minimum absolute atomic E-state index is 0.130. The van der Waals surface area contributed by atoms with Crippen LogP contribution in [-0.4, -0.2) is 25.5 Å². The molecule has 0 spiro atoms. The number of hydrogen-bond acceptors (Lipinski definition) is 4. The second-order valence-electron chi connectivity index (χ2n) is 4.87. The Kier molecular flexibility index (Phi) is 4.27. The van der Waals surface area contributed by atoms with Crippen molar-refractivity contribution >= 4 is 27.3 Å². The van der Waals surface area contributed by atoms with Crippen LogP contribution in [-0.2, 0) is 10.0 Å². The van der Waals surface area contributed by atoms with Gasteiger partial charge in [0.25, 0.3) is 0 Å². The van der Waals surface area contributed by atoms with E-state index in [4.69, 9.17) is 5.11 Å². The molecule has 19 heavy (non-hydrogen) atoms. The van der Waals surface area contributed by atoms with Crippen LogP contribution in [0.25, 0.3) is 0 Å². The SMILES string of the molecule is C[C@@H](NS(=O)(=O)c1ccsc1C(=O)O)C1CCCC1. The summed E-state index contributed by atoms with van der Waals surface area (Å²) in [6.07, 6.45) is 4.32. The third-order valence-electron chi connectivity index (χ3n) is 3.56. The van der Waals surface area contributed by atoms with Crippen LogP contribution in [0.4, 0.5) is 0 Å². The van der Waals surface area contributed by atoms with Crippen molar-refractivity contribution in [1.82, 2.24) is 4.72 Å². The van der Waals surface area contributed by atoms with Crippen molar-refractivity contribution in [1.29, 1.82) is 0 Å². The maximum absolute atomic E-state index is 12.2. The quantitative estimate of drug-likeness (QED) is 0.874. The van der Waals surface area contributed by atoms with Crippen LogP contribution in [0.3, 0.4) is 0 Å². The van der Waals surface area contributed by atoms with Crippen molar-refractivity contribution in [2.24, 2.45) is 5.92 Å². The molecule has 0 aromatic carbocycles. The van der Waals surface area contributed by atoms with Crippen LogP contribution in [0.15, 0.2) is 16.3 Å². The van der Waals surface area contributed by atoms with Gasteiger partial charge in [-0.25, -0.2) is 17.9 Å². The van der Waals surface area contributed by atoms with Crippen LogP contribution in [0, 0.1) is 5.92 Å². The minimum atomic E-state index is -3.75. The van der Waals surface area contributed by atoms with E-state index in [-0.39, 0.29) is 15.8 Å². The zero-order valence-corrected chi connectivity index (χ0v) is 12.3. The Morgan fingerprint density at radius 1 is 1.47 bits per heavy atom. The predicted molar refractivity (Wildman–Crippen MR) is 73.0 cm³/mol. The fraction of sp³-hybridized carbons (Fsp3) is 0.583. The highest BCUT2D eigenvalue weighted by molar-refractivity contribution is 7.89. The summed E-state index contributed by atoms with van der Waals surface area (Å²) in [4.78, 5) is 10.7. The number of hydrogen-bond donors (Lipinski definition) is 2. The number of aromatic carboxylic acids is 1. The Balaban J connectivity index is 2.17. The summed E-state index contributed by atoms with van der Waals surface area (Å²) in [6.45, 7) is 1.85. The zero-order valence-electron chi connectivity index (χ0n) is 10.6. The molecule has 0 radical (unpaired) electrons. The molecule has 0 bridgehead atoms. The summed E-state index contributed by atoms with van der Waals surface area (Å²) in [7, 11) is -3.75. The van der Waals surface area contributed by atoms with Gasteiger partial charge in [-0.1, -0.05) is 12.8 Å². The number of thiophene rings is 1. The Bertz CT molecular complexity index is 558. The summed E-state index contributed by atoms with van der Waals surface area (Å²) in [5.74, 6) is -0.856. The number of nitrogens with one attached hydrogen (secondary N) is 1. The van der Waals surface area contributed by atoms with Gasteiger partial charge in [-0.15, -0.1) is 11.3 Å². The Hall–Kier alpha value is -0.920. The molecule has 0 saturated heterocycles. The van der Waals surface area contributed by atoms with Crippen molar-refractivity contribution in [2.45, 2.75) is 43.5 Å². The molecule has 0 aliphatic heterocycles. The molecule has 7 heteroatoms. The average Bonchev–Trinajstić information content (AvgIpc) is 3.00. The van der Waals surface area contributed by atoms with Crippen LogP contribution < -0.4 is 4.72 Å². The van der Waals surface area contributed by atoms with E-state index in [1.807, 2.05) is 6.92 Å². The van der Waals surface area contributed by atoms with Gasteiger partial charge in [-0.3, -0.25) is 0 Å². The predicted octanol–water partition coefficient (Wildman–Crippen LogP) is 2.30. The first-order chi connectivity index (χ1) is 8.92. The lowest BCUT2D eigenvalue weighted by molar-refractivity contribution is 0.0698. The van der Waals surface area contributed by atoms with E-state index in [9.17, 15) is 13.2 Å². The molecule has 1 heterocycles. The van der Waals surface area contributed by atoms with Gasteiger partial charge >= 0.3 is 5.97 Å². The molecule has 5 nitrogen and oxygen atoms in total. The number of carbonyl (C=O) groups is 1. The number of sulfonamides is 1. The third-order valence-corrected chi connectivity index (χ3v) is 6.19. The molecule has 1 aromatic heterocycles.